The zero-order valence-corrected chi connectivity index (χ0v) is 35.4. The molecule has 0 radical (unpaired) electrons. The first kappa shape index (κ1) is 35.9. The molecule has 13 aromatic carbocycles. The summed E-state index contributed by atoms with van der Waals surface area (Å²) in [5, 5.41) is 13.9. The molecule has 0 aromatic heterocycles. The summed E-state index contributed by atoms with van der Waals surface area (Å²) in [5.74, 6) is -0.466. The Bertz CT molecular complexity index is 3980. The van der Waals surface area contributed by atoms with Crippen molar-refractivity contribution in [2.24, 2.45) is 0 Å². The smallest absolute Gasteiger partial charge is 0.131 e. The van der Waals surface area contributed by atoms with Crippen molar-refractivity contribution >= 4 is 64.6 Å². The highest BCUT2D eigenvalue weighted by atomic mass is 19.1. The molecular weight excluding hydrogens is 807 g/mol. The van der Waals surface area contributed by atoms with Gasteiger partial charge in [0.05, 0.1) is 0 Å². The molecule has 0 unspecified atom stereocenters. The summed E-state index contributed by atoms with van der Waals surface area (Å²) in [4.78, 5) is 0. The van der Waals surface area contributed by atoms with Gasteiger partial charge in [0, 0.05) is 22.3 Å². The molecule has 0 N–H and O–H groups in total. The Labute approximate surface area is 378 Å². The van der Waals surface area contributed by atoms with Crippen LogP contribution in [0.25, 0.3) is 154 Å². The van der Waals surface area contributed by atoms with Crippen LogP contribution in [0.1, 0.15) is 0 Å². The fourth-order valence-electron chi connectivity index (χ4n) is 12.4. The maximum atomic E-state index is 16.3. The van der Waals surface area contributed by atoms with E-state index in [0.29, 0.717) is 11.1 Å². The molecule has 0 heterocycles. The molecule has 2 aliphatic carbocycles. The zero-order valence-electron chi connectivity index (χ0n) is 35.4. The summed E-state index contributed by atoms with van der Waals surface area (Å²) in [7, 11) is 0. The molecule has 0 fully saturated rings. The Morgan fingerprint density at radius 3 is 0.818 bits per heavy atom. The van der Waals surface area contributed by atoms with Crippen molar-refractivity contribution in [2.45, 2.75) is 0 Å². The lowest BCUT2D eigenvalue weighted by molar-refractivity contribution is 0.631. The van der Waals surface area contributed by atoms with Gasteiger partial charge in [-0.25, -0.2) is 8.78 Å². The van der Waals surface area contributed by atoms with Crippen LogP contribution >= 0.6 is 0 Å². The highest BCUT2D eigenvalue weighted by molar-refractivity contribution is 6.42. The third-order valence-electron chi connectivity index (χ3n) is 14.8. The van der Waals surface area contributed by atoms with E-state index in [0.717, 1.165) is 88.3 Å². The van der Waals surface area contributed by atoms with Crippen LogP contribution in [0.5, 0.6) is 0 Å². The van der Waals surface area contributed by atoms with Crippen molar-refractivity contribution in [3.63, 3.8) is 0 Å². The van der Waals surface area contributed by atoms with Crippen molar-refractivity contribution in [1.82, 2.24) is 0 Å². The van der Waals surface area contributed by atoms with Crippen LogP contribution in [0.15, 0.2) is 206 Å². The van der Waals surface area contributed by atoms with E-state index in [2.05, 4.69) is 158 Å². The summed E-state index contributed by atoms with van der Waals surface area (Å²) in [5.41, 5.74) is 16.7. The summed E-state index contributed by atoms with van der Waals surface area (Å²) < 4.78 is 32.6. The fraction of sp³-hybridized carbons (Fsp3) is 0. The topological polar surface area (TPSA) is 0 Å². The lowest BCUT2D eigenvalue weighted by Crippen LogP contribution is -1.95. The van der Waals surface area contributed by atoms with Crippen molar-refractivity contribution in [3.8, 4) is 89.0 Å². The van der Waals surface area contributed by atoms with Crippen molar-refractivity contribution in [1.29, 1.82) is 0 Å². The number of hydrogen-bond donors (Lipinski definition) is 0. The van der Waals surface area contributed by atoms with Crippen LogP contribution in [0.3, 0.4) is 0 Å². The molecule has 0 bridgehead atoms. The van der Waals surface area contributed by atoms with E-state index >= 15 is 8.78 Å². The minimum atomic E-state index is -0.233. The third kappa shape index (κ3) is 4.50. The predicted molar refractivity (Wildman–Crippen MR) is 273 cm³/mol. The van der Waals surface area contributed by atoms with Gasteiger partial charge in [-0.1, -0.05) is 194 Å². The first-order valence-electron chi connectivity index (χ1n) is 22.7. The third-order valence-corrected chi connectivity index (χ3v) is 14.8. The quantitative estimate of drug-likeness (QED) is 0.122. The zero-order chi connectivity index (χ0) is 43.4. The summed E-state index contributed by atoms with van der Waals surface area (Å²) >= 11 is 0. The molecule has 0 saturated carbocycles. The van der Waals surface area contributed by atoms with Gasteiger partial charge < -0.3 is 0 Å². The van der Waals surface area contributed by atoms with Crippen LogP contribution in [0.2, 0.25) is 0 Å². The minimum absolute atomic E-state index is 0.233. The van der Waals surface area contributed by atoms with Crippen LogP contribution in [0.4, 0.5) is 8.78 Å². The van der Waals surface area contributed by atoms with E-state index in [4.69, 9.17) is 0 Å². The minimum Gasteiger partial charge on any atom is -0.206 e. The van der Waals surface area contributed by atoms with Crippen LogP contribution in [0, 0.1) is 11.6 Å². The molecule has 0 atom stereocenters. The van der Waals surface area contributed by atoms with Crippen molar-refractivity contribution < 1.29 is 8.78 Å². The predicted octanol–water partition coefficient (Wildman–Crippen LogP) is 18.3. The van der Waals surface area contributed by atoms with Crippen molar-refractivity contribution in [2.75, 3.05) is 0 Å². The molecule has 66 heavy (non-hydrogen) atoms. The molecule has 0 nitrogen and oxygen atoms in total. The second kappa shape index (κ2) is 13.1. The number of fused-ring (bicyclic) bond motifs is 10. The van der Waals surface area contributed by atoms with Gasteiger partial charge in [0.25, 0.3) is 0 Å². The van der Waals surface area contributed by atoms with E-state index in [1.807, 2.05) is 24.3 Å². The molecular formula is C64H34F2. The molecule has 0 amide bonds. The first-order chi connectivity index (χ1) is 32.7. The van der Waals surface area contributed by atoms with Crippen LogP contribution in [-0.4, -0.2) is 0 Å². The van der Waals surface area contributed by atoms with E-state index in [-0.39, 0.29) is 11.6 Å². The Balaban J connectivity index is 1.09. The van der Waals surface area contributed by atoms with Gasteiger partial charge in [0.1, 0.15) is 11.6 Å². The second-order valence-corrected chi connectivity index (χ2v) is 17.9. The lowest BCUT2D eigenvalue weighted by Gasteiger charge is -2.20. The highest BCUT2D eigenvalue weighted by Crippen LogP contribution is 2.63. The summed E-state index contributed by atoms with van der Waals surface area (Å²) in [6.45, 7) is 0. The van der Waals surface area contributed by atoms with Crippen LogP contribution < -0.4 is 0 Å². The average Bonchev–Trinajstić information content (AvgIpc) is 3.88. The molecule has 0 aliphatic heterocycles. The lowest BCUT2D eigenvalue weighted by atomic mass is 9.82. The van der Waals surface area contributed by atoms with Crippen molar-refractivity contribution in [3.05, 3.63) is 218 Å². The number of benzene rings is 13. The normalized spacial score (nSPS) is 12.4. The Hall–Kier alpha value is -8.46. The van der Waals surface area contributed by atoms with E-state index in [1.165, 1.54) is 54.2 Å². The Morgan fingerprint density at radius 2 is 0.470 bits per heavy atom. The molecule has 2 heteroatoms. The monoisotopic (exact) mass is 840 g/mol. The molecule has 15 rings (SSSR count). The molecule has 0 saturated heterocycles. The summed E-state index contributed by atoms with van der Waals surface area (Å²) in [6, 6.07) is 71.3. The maximum Gasteiger partial charge on any atom is 0.131 e. The van der Waals surface area contributed by atoms with Gasteiger partial charge >= 0.3 is 0 Å². The van der Waals surface area contributed by atoms with Crippen LogP contribution in [-0.2, 0) is 0 Å². The van der Waals surface area contributed by atoms with Gasteiger partial charge in [-0.3, -0.25) is 0 Å². The van der Waals surface area contributed by atoms with E-state index < -0.39 is 0 Å². The van der Waals surface area contributed by atoms with E-state index in [1.54, 1.807) is 24.3 Å². The number of halogens is 2. The molecule has 304 valence electrons. The SMILES string of the molecule is Fc1ccccc1-c1c2c(c(-c3ccccc3)c3ccccc13)-c1ccc3c4ccc5c6c(ccc(c7ccc-2c1c37)c64)-c1c-5c(-c2ccccc2F)c2ccccc2c1-c1ccccc1. The van der Waals surface area contributed by atoms with Gasteiger partial charge in [0.15, 0.2) is 0 Å². The van der Waals surface area contributed by atoms with Gasteiger partial charge in [0.2, 0.25) is 0 Å². The summed E-state index contributed by atoms with van der Waals surface area (Å²) in [6.07, 6.45) is 0. The largest absolute Gasteiger partial charge is 0.206 e. The van der Waals surface area contributed by atoms with E-state index in [9.17, 15) is 0 Å². The highest BCUT2D eigenvalue weighted by Gasteiger charge is 2.35. The molecule has 2 aliphatic rings. The Kier molecular flexibility index (Phi) is 7.11. The van der Waals surface area contributed by atoms with Gasteiger partial charge in [-0.2, -0.15) is 0 Å². The first-order valence-corrected chi connectivity index (χ1v) is 22.7. The Morgan fingerprint density at radius 1 is 0.182 bits per heavy atom. The average molecular weight is 841 g/mol. The molecule has 13 aromatic rings. The standard InChI is InChI=1S/C64H34F2/c65-51-25-13-11-23-45(51)57-39-21-9-7-19-37(39)53(35-15-3-1-4-16-35)61-47-31-27-41-44-30-34-50-60-48(32-28-42(56(44)60)43-29-33-49(63(57)61)59(47)55(41)43)62-54(36-17-5-2-6-18-36)38-20-8-10-22-40(38)58(64(50)62)46-24-12-14-26-52(46)66/h1-34H. The van der Waals surface area contributed by atoms with Gasteiger partial charge in [-0.05, 0) is 144 Å². The van der Waals surface area contributed by atoms with Gasteiger partial charge in [-0.15, -0.1) is 0 Å². The molecule has 0 spiro atoms. The fourth-order valence-corrected chi connectivity index (χ4v) is 12.4. The maximum absolute atomic E-state index is 16.3. The number of rotatable bonds is 4. The second-order valence-electron chi connectivity index (χ2n) is 17.9. The number of hydrogen-bond acceptors (Lipinski definition) is 0.